The van der Waals surface area contributed by atoms with Crippen molar-refractivity contribution in [3.63, 3.8) is 0 Å². The minimum atomic E-state index is -0.541. The van der Waals surface area contributed by atoms with Crippen molar-refractivity contribution in [2.75, 3.05) is 0 Å². The van der Waals surface area contributed by atoms with Crippen molar-refractivity contribution in [2.45, 2.75) is 82.2 Å². The van der Waals surface area contributed by atoms with Gasteiger partial charge in [0.05, 0.1) is 12.8 Å². The first-order valence-electron chi connectivity index (χ1n) is 10.0. The van der Waals surface area contributed by atoms with E-state index in [-0.39, 0.29) is 5.97 Å². The number of hydrogen-bond donors (Lipinski definition) is 1. The molecule has 1 aromatic heterocycles. The van der Waals surface area contributed by atoms with Crippen molar-refractivity contribution in [1.29, 1.82) is 0 Å². The molecule has 4 nitrogen and oxygen atoms in total. The Labute approximate surface area is 173 Å². The number of esters is 1. The van der Waals surface area contributed by atoms with Crippen LogP contribution in [0.3, 0.4) is 0 Å². The van der Waals surface area contributed by atoms with E-state index in [1.165, 1.54) is 5.56 Å². The Morgan fingerprint density at radius 1 is 1.11 bits per heavy atom. The highest BCUT2D eigenvalue weighted by atomic mass is 32.2. The molecule has 0 saturated carbocycles. The summed E-state index contributed by atoms with van der Waals surface area (Å²) in [7, 11) is 0. The standard InChI is InChI=1S/C23H33NO3S/c1-6-14-23(7-2,21(25)27-22(3,4)5)28-20-12-10-18(11-13-20)16-24-17-19-9-8-15-26-19/h8-13,15,24H,6-7,14,16-17H2,1-5H3. The summed E-state index contributed by atoms with van der Waals surface area (Å²) in [5.74, 6) is 0.815. The van der Waals surface area contributed by atoms with Crippen LogP contribution in [0.25, 0.3) is 0 Å². The van der Waals surface area contributed by atoms with E-state index in [1.54, 1.807) is 18.0 Å². The number of rotatable bonds is 10. The minimum Gasteiger partial charge on any atom is -0.468 e. The number of nitrogens with one attached hydrogen (secondary N) is 1. The molecule has 0 aliphatic carbocycles. The van der Waals surface area contributed by atoms with E-state index in [4.69, 9.17) is 9.15 Å². The molecule has 0 bridgehead atoms. The van der Waals surface area contributed by atoms with Gasteiger partial charge < -0.3 is 14.5 Å². The van der Waals surface area contributed by atoms with E-state index in [1.807, 2.05) is 32.9 Å². The predicted molar refractivity (Wildman–Crippen MR) is 115 cm³/mol. The number of furan rings is 1. The molecule has 1 aromatic carbocycles. The lowest BCUT2D eigenvalue weighted by molar-refractivity contribution is -0.158. The van der Waals surface area contributed by atoms with E-state index in [2.05, 4.69) is 43.4 Å². The van der Waals surface area contributed by atoms with E-state index in [9.17, 15) is 4.79 Å². The summed E-state index contributed by atoms with van der Waals surface area (Å²) in [6, 6.07) is 12.3. The smallest absolute Gasteiger partial charge is 0.323 e. The van der Waals surface area contributed by atoms with Crippen LogP contribution in [0.4, 0.5) is 0 Å². The Balaban J connectivity index is 2.02. The highest BCUT2D eigenvalue weighted by Crippen LogP contribution is 2.41. The fourth-order valence-electron chi connectivity index (χ4n) is 3.01. The zero-order valence-electron chi connectivity index (χ0n) is 17.7. The molecule has 0 saturated heterocycles. The summed E-state index contributed by atoms with van der Waals surface area (Å²) in [4.78, 5) is 14.1. The molecular weight excluding hydrogens is 370 g/mol. The predicted octanol–water partition coefficient (Wildman–Crippen LogP) is 5.95. The van der Waals surface area contributed by atoms with Gasteiger partial charge in [-0.3, -0.25) is 4.79 Å². The van der Waals surface area contributed by atoms with Crippen molar-refractivity contribution in [3.05, 3.63) is 54.0 Å². The Morgan fingerprint density at radius 3 is 2.36 bits per heavy atom. The molecule has 0 amide bonds. The molecule has 0 radical (unpaired) electrons. The average molecular weight is 404 g/mol. The number of benzene rings is 1. The number of hydrogen-bond acceptors (Lipinski definition) is 5. The second-order valence-corrected chi connectivity index (χ2v) is 9.49. The molecule has 0 spiro atoms. The molecule has 0 aliphatic rings. The molecule has 0 fully saturated rings. The maximum atomic E-state index is 13.0. The lowest BCUT2D eigenvalue weighted by Gasteiger charge is -2.33. The van der Waals surface area contributed by atoms with Gasteiger partial charge in [0.2, 0.25) is 0 Å². The van der Waals surface area contributed by atoms with Gasteiger partial charge in [0, 0.05) is 11.4 Å². The van der Waals surface area contributed by atoms with E-state index < -0.39 is 10.3 Å². The highest BCUT2D eigenvalue weighted by Gasteiger charge is 2.40. The maximum absolute atomic E-state index is 13.0. The van der Waals surface area contributed by atoms with Gasteiger partial charge in [0.25, 0.3) is 0 Å². The summed E-state index contributed by atoms with van der Waals surface area (Å²) < 4.78 is 10.5. The lowest BCUT2D eigenvalue weighted by atomic mass is 9.99. The number of carbonyl (C=O) groups is 1. The highest BCUT2D eigenvalue weighted by molar-refractivity contribution is 8.01. The lowest BCUT2D eigenvalue weighted by Crippen LogP contribution is -2.40. The molecule has 2 aromatic rings. The van der Waals surface area contributed by atoms with E-state index in [0.29, 0.717) is 6.54 Å². The number of ether oxygens (including phenoxy) is 1. The first-order valence-corrected chi connectivity index (χ1v) is 10.8. The van der Waals surface area contributed by atoms with Crippen LogP contribution in [-0.4, -0.2) is 16.3 Å². The monoisotopic (exact) mass is 403 g/mol. The van der Waals surface area contributed by atoms with Gasteiger partial charge >= 0.3 is 5.97 Å². The molecule has 28 heavy (non-hydrogen) atoms. The van der Waals surface area contributed by atoms with Crippen molar-refractivity contribution >= 4 is 17.7 Å². The fraction of sp³-hybridized carbons (Fsp3) is 0.522. The summed E-state index contributed by atoms with van der Waals surface area (Å²) in [5.41, 5.74) is 0.723. The second kappa shape index (κ2) is 10.2. The molecule has 154 valence electrons. The van der Waals surface area contributed by atoms with Gasteiger partial charge in [0.15, 0.2) is 0 Å². The first-order chi connectivity index (χ1) is 13.3. The largest absolute Gasteiger partial charge is 0.468 e. The Kier molecular flexibility index (Phi) is 8.20. The zero-order chi connectivity index (χ0) is 20.6. The third-order valence-electron chi connectivity index (χ3n) is 4.44. The van der Waals surface area contributed by atoms with Crippen molar-refractivity contribution in [3.8, 4) is 0 Å². The first kappa shape index (κ1) is 22.6. The van der Waals surface area contributed by atoms with Crippen LogP contribution in [0.1, 0.15) is 65.2 Å². The van der Waals surface area contributed by atoms with E-state index in [0.717, 1.165) is 36.5 Å². The Bertz CT molecular complexity index is 719. The third kappa shape index (κ3) is 6.71. The van der Waals surface area contributed by atoms with E-state index >= 15 is 0 Å². The molecular formula is C23H33NO3S. The SMILES string of the molecule is CCCC(CC)(Sc1ccc(CNCc2ccco2)cc1)C(=O)OC(C)(C)C. The molecule has 5 heteroatoms. The maximum Gasteiger partial charge on any atom is 0.323 e. The topological polar surface area (TPSA) is 51.5 Å². The van der Waals surface area contributed by atoms with Gasteiger partial charge in [-0.25, -0.2) is 0 Å². The number of carbonyl (C=O) groups excluding carboxylic acids is 1. The van der Waals surface area contributed by atoms with Crippen molar-refractivity contribution < 1.29 is 13.9 Å². The van der Waals surface area contributed by atoms with Crippen LogP contribution in [0, 0.1) is 0 Å². The minimum absolute atomic E-state index is 0.112. The van der Waals surface area contributed by atoms with Crippen LogP contribution in [0.5, 0.6) is 0 Å². The Morgan fingerprint density at radius 2 is 1.82 bits per heavy atom. The normalized spacial score (nSPS) is 13.9. The van der Waals surface area contributed by atoms with Gasteiger partial charge in [0.1, 0.15) is 16.1 Å². The fourth-order valence-corrected chi connectivity index (χ4v) is 4.31. The molecule has 1 atom stereocenters. The Hall–Kier alpha value is -1.72. The summed E-state index contributed by atoms with van der Waals surface area (Å²) >= 11 is 1.63. The summed E-state index contributed by atoms with van der Waals surface area (Å²) in [5, 5.41) is 3.37. The average Bonchev–Trinajstić information content (AvgIpc) is 3.14. The molecule has 0 aliphatic heterocycles. The van der Waals surface area contributed by atoms with Crippen molar-refractivity contribution in [2.24, 2.45) is 0 Å². The van der Waals surface area contributed by atoms with Crippen LogP contribution >= 0.6 is 11.8 Å². The van der Waals surface area contributed by atoms with Gasteiger partial charge in [-0.15, -0.1) is 11.8 Å². The van der Waals surface area contributed by atoms with Gasteiger partial charge in [-0.1, -0.05) is 32.4 Å². The summed E-state index contributed by atoms with van der Waals surface area (Å²) in [6.07, 6.45) is 4.17. The van der Waals surface area contributed by atoms with Crippen LogP contribution in [-0.2, 0) is 22.6 Å². The molecule has 2 rings (SSSR count). The molecule has 1 heterocycles. The van der Waals surface area contributed by atoms with Crippen LogP contribution in [0.15, 0.2) is 52.0 Å². The third-order valence-corrected chi connectivity index (χ3v) is 6.00. The van der Waals surface area contributed by atoms with Crippen LogP contribution < -0.4 is 5.32 Å². The zero-order valence-corrected chi connectivity index (χ0v) is 18.5. The number of thioether (sulfide) groups is 1. The van der Waals surface area contributed by atoms with Gasteiger partial charge in [-0.05, 0) is 63.4 Å². The van der Waals surface area contributed by atoms with Crippen LogP contribution in [0.2, 0.25) is 0 Å². The van der Waals surface area contributed by atoms with Gasteiger partial charge in [-0.2, -0.15) is 0 Å². The molecule has 1 N–H and O–H groups in total. The quantitative estimate of drug-likeness (QED) is 0.392. The molecule has 1 unspecified atom stereocenters. The summed E-state index contributed by atoms with van der Waals surface area (Å²) in [6.45, 7) is 11.4. The second-order valence-electron chi connectivity index (χ2n) is 8.03. The van der Waals surface area contributed by atoms with Crippen molar-refractivity contribution in [1.82, 2.24) is 5.32 Å².